The lowest BCUT2D eigenvalue weighted by molar-refractivity contribution is -0.147. The molecular formula is C36H45N3O7S2. The van der Waals surface area contributed by atoms with Crippen molar-refractivity contribution in [3.63, 3.8) is 0 Å². The zero-order valence-electron chi connectivity index (χ0n) is 27.7. The summed E-state index contributed by atoms with van der Waals surface area (Å²) in [6.45, 7) is 4.67. The minimum Gasteiger partial charge on any atom is -0.481 e. The number of carboxylic acid groups (broad SMARTS) is 1. The van der Waals surface area contributed by atoms with E-state index < -0.39 is 51.0 Å². The fourth-order valence-corrected chi connectivity index (χ4v) is 9.42. The first-order valence-corrected chi connectivity index (χ1v) is 19.0. The van der Waals surface area contributed by atoms with E-state index >= 15 is 0 Å². The second-order valence-corrected chi connectivity index (χ2v) is 15.3. The molecule has 0 bridgehead atoms. The third-order valence-electron chi connectivity index (χ3n) is 9.16. The van der Waals surface area contributed by atoms with Crippen LogP contribution in [0.4, 0.5) is 11.4 Å². The summed E-state index contributed by atoms with van der Waals surface area (Å²) in [6.07, 6.45) is 4.06. The number of nitrogens with two attached hydrogens (primary N) is 2. The van der Waals surface area contributed by atoms with Gasteiger partial charge in [0.2, 0.25) is 5.91 Å². The van der Waals surface area contributed by atoms with Crippen LogP contribution >= 0.6 is 11.8 Å². The quantitative estimate of drug-likeness (QED) is 0.156. The number of unbranched alkanes of at least 4 members (excludes halogenated alkanes) is 2. The Morgan fingerprint density at radius 1 is 0.979 bits per heavy atom. The zero-order chi connectivity index (χ0) is 35.1. The molecule has 1 aliphatic rings. The van der Waals surface area contributed by atoms with Crippen LogP contribution in [0.1, 0.15) is 64.4 Å². The largest absolute Gasteiger partial charge is 0.481 e. The molecule has 0 saturated heterocycles. The standard InChI is InChI=1S/C36H45N3O7S2/c1-4-6-18-35(19-7-5-2)23-39(26-16-12-9-13-17-26)27-20-29(47-3)28(21-30(27)48(44,45)24-35)46-32(33(37)42)36(34(38)43,22-31(40)41)25-14-10-8-11-15-25/h8-17,20-21,32H,4-7,18-19,22-24H2,1-3H3,(H2,37,42)(H2,38,43)(H,40,41)/t32?,36-/m1/s1. The number of thioether (sulfide) groups is 1. The van der Waals surface area contributed by atoms with E-state index in [2.05, 4.69) is 18.7 Å². The average Bonchev–Trinajstić information content (AvgIpc) is 3.15. The van der Waals surface area contributed by atoms with Gasteiger partial charge in [0, 0.05) is 23.7 Å². The van der Waals surface area contributed by atoms with E-state index in [0.717, 1.165) is 44.2 Å². The Kier molecular flexibility index (Phi) is 11.9. The van der Waals surface area contributed by atoms with Gasteiger partial charge in [0.05, 0.1) is 27.7 Å². The maximum Gasteiger partial charge on any atom is 0.304 e. The minimum atomic E-state index is -3.95. The van der Waals surface area contributed by atoms with Gasteiger partial charge in [0.25, 0.3) is 5.91 Å². The van der Waals surface area contributed by atoms with Gasteiger partial charge >= 0.3 is 5.97 Å². The van der Waals surface area contributed by atoms with Crippen LogP contribution in [-0.2, 0) is 29.6 Å². The van der Waals surface area contributed by atoms with E-state index in [4.69, 9.17) is 16.2 Å². The Hall–Kier alpha value is -4.03. The molecular weight excluding hydrogens is 651 g/mol. The molecule has 4 rings (SSSR count). The molecule has 0 saturated carbocycles. The lowest BCUT2D eigenvalue weighted by Crippen LogP contribution is -2.59. The lowest BCUT2D eigenvalue weighted by Gasteiger charge is -2.37. The monoisotopic (exact) mass is 695 g/mol. The smallest absolute Gasteiger partial charge is 0.304 e. The highest BCUT2D eigenvalue weighted by molar-refractivity contribution is 7.98. The number of carbonyl (C=O) groups excluding carboxylic acids is 2. The molecule has 10 nitrogen and oxygen atoms in total. The molecule has 2 amide bonds. The van der Waals surface area contributed by atoms with Gasteiger partial charge < -0.3 is 26.2 Å². The van der Waals surface area contributed by atoms with Crippen LogP contribution in [0.15, 0.2) is 82.6 Å². The molecule has 3 aromatic rings. The molecule has 48 heavy (non-hydrogen) atoms. The van der Waals surface area contributed by atoms with Crippen LogP contribution in [0.2, 0.25) is 0 Å². The molecule has 0 fully saturated rings. The van der Waals surface area contributed by atoms with Crippen LogP contribution < -0.4 is 21.1 Å². The number of carboxylic acids is 1. The molecule has 1 aliphatic heterocycles. The van der Waals surface area contributed by atoms with Gasteiger partial charge in [0.1, 0.15) is 11.2 Å². The number of hydrogen-bond donors (Lipinski definition) is 3. The van der Waals surface area contributed by atoms with E-state index in [-0.39, 0.29) is 22.0 Å². The Balaban J connectivity index is 1.97. The van der Waals surface area contributed by atoms with Gasteiger partial charge in [-0.1, -0.05) is 88.1 Å². The van der Waals surface area contributed by atoms with Crippen LogP contribution in [-0.4, -0.2) is 56.0 Å². The van der Waals surface area contributed by atoms with Crippen molar-refractivity contribution in [2.45, 2.75) is 80.1 Å². The topological polar surface area (TPSA) is 170 Å². The van der Waals surface area contributed by atoms with Gasteiger partial charge in [-0.2, -0.15) is 0 Å². The molecule has 3 aromatic carbocycles. The number of ether oxygens (including phenoxy) is 1. The van der Waals surface area contributed by atoms with Gasteiger partial charge in [-0.05, 0) is 42.9 Å². The highest BCUT2D eigenvalue weighted by atomic mass is 32.2. The Labute approximate surface area is 287 Å². The number of sulfone groups is 1. The van der Waals surface area contributed by atoms with E-state index in [9.17, 15) is 27.9 Å². The number of anilines is 2. The summed E-state index contributed by atoms with van der Waals surface area (Å²) in [4.78, 5) is 41.1. The molecule has 12 heteroatoms. The molecule has 258 valence electrons. The molecule has 2 atom stereocenters. The van der Waals surface area contributed by atoms with Gasteiger partial charge in [-0.25, -0.2) is 8.42 Å². The summed E-state index contributed by atoms with van der Waals surface area (Å²) in [5.74, 6) is -3.77. The number of hydrogen-bond acceptors (Lipinski definition) is 8. The SMILES string of the molecule is CCCCC1(CCCC)CN(c2ccccc2)c2cc(SC)c(OC(C(N)=O)[C@](CC(=O)O)(C(N)=O)c3ccccc3)cc2S(=O)(=O)C1. The minimum absolute atomic E-state index is 0.0138. The highest BCUT2D eigenvalue weighted by Gasteiger charge is 2.53. The summed E-state index contributed by atoms with van der Waals surface area (Å²) < 4.78 is 35.3. The number of fused-ring (bicyclic) bond motifs is 1. The van der Waals surface area contributed by atoms with E-state index in [0.29, 0.717) is 17.1 Å². The Morgan fingerprint density at radius 3 is 2.06 bits per heavy atom. The molecule has 0 radical (unpaired) electrons. The van der Waals surface area contributed by atoms with Crippen molar-refractivity contribution in [2.75, 3.05) is 23.5 Å². The number of carbonyl (C=O) groups is 3. The normalized spacial score (nSPS) is 16.9. The highest BCUT2D eigenvalue weighted by Crippen LogP contribution is 2.48. The third kappa shape index (κ3) is 7.65. The Morgan fingerprint density at radius 2 is 1.56 bits per heavy atom. The maximum atomic E-state index is 14.5. The zero-order valence-corrected chi connectivity index (χ0v) is 29.3. The first kappa shape index (κ1) is 36.8. The third-order valence-corrected chi connectivity index (χ3v) is 11.9. The number of nitrogens with zero attached hydrogens (tertiary/aromatic N) is 1. The second kappa shape index (κ2) is 15.5. The number of amides is 2. The molecule has 1 unspecified atom stereocenters. The predicted molar refractivity (Wildman–Crippen MR) is 188 cm³/mol. The lowest BCUT2D eigenvalue weighted by atomic mass is 9.71. The molecule has 0 spiro atoms. The second-order valence-electron chi connectivity index (χ2n) is 12.5. The van der Waals surface area contributed by atoms with Crippen molar-refractivity contribution in [2.24, 2.45) is 16.9 Å². The number of para-hydroxylation sites is 1. The molecule has 0 aliphatic carbocycles. The van der Waals surface area contributed by atoms with Gasteiger partial charge in [0.15, 0.2) is 15.9 Å². The van der Waals surface area contributed by atoms with E-state index in [1.165, 1.54) is 30.0 Å². The first-order valence-electron chi connectivity index (χ1n) is 16.1. The van der Waals surface area contributed by atoms with Crippen molar-refractivity contribution < 1.29 is 32.6 Å². The fourth-order valence-electron chi connectivity index (χ4n) is 6.77. The first-order chi connectivity index (χ1) is 22.8. The van der Waals surface area contributed by atoms with Crippen molar-refractivity contribution in [1.29, 1.82) is 0 Å². The van der Waals surface area contributed by atoms with Gasteiger partial charge in [-0.15, -0.1) is 11.8 Å². The summed E-state index contributed by atoms with van der Waals surface area (Å²) in [5, 5.41) is 9.92. The van der Waals surface area contributed by atoms with E-state index in [1.54, 1.807) is 30.5 Å². The number of aliphatic carboxylic acids is 1. The van der Waals surface area contributed by atoms with E-state index in [1.807, 2.05) is 30.3 Å². The van der Waals surface area contributed by atoms with Crippen molar-refractivity contribution in [3.8, 4) is 5.75 Å². The summed E-state index contributed by atoms with van der Waals surface area (Å²) >= 11 is 1.25. The van der Waals surface area contributed by atoms with Crippen LogP contribution in [0, 0.1) is 5.41 Å². The van der Waals surface area contributed by atoms with Crippen LogP contribution in [0.5, 0.6) is 5.75 Å². The molecule has 0 aromatic heterocycles. The van der Waals surface area contributed by atoms with Crippen molar-refractivity contribution >= 4 is 50.8 Å². The maximum absolute atomic E-state index is 14.5. The number of benzene rings is 3. The van der Waals surface area contributed by atoms with Crippen LogP contribution in [0.25, 0.3) is 0 Å². The summed E-state index contributed by atoms with van der Waals surface area (Å²) in [5.41, 5.74) is 10.4. The van der Waals surface area contributed by atoms with Gasteiger partial charge in [-0.3, -0.25) is 14.4 Å². The predicted octanol–water partition coefficient (Wildman–Crippen LogP) is 5.83. The number of primary amides is 2. The Bertz CT molecular complexity index is 1710. The number of rotatable bonds is 16. The summed E-state index contributed by atoms with van der Waals surface area (Å²) in [7, 11) is -3.95. The molecule has 1 heterocycles. The fraction of sp³-hybridized carbons (Fsp3) is 0.417. The van der Waals surface area contributed by atoms with Crippen molar-refractivity contribution in [1.82, 2.24) is 0 Å². The van der Waals surface area contributed by atoms with Crippen LogP contribution in [0.3, 0.4) is 0 Å². The molecule has 5 N–H and O–H groups in total. The average molecular weight is 696 g/mol. The van der Waals surface area contributed by atoms with Crippen molar-refractivity contribution in [3.05, 3.63) is 78.4 Å². The summed E-state index contributed by atoms with van der Waals surface area (Å²) in [6, 6.07) is 20.5.